The van der Waals surface area contributed by atoms with Crippen molar-refractivity contribution in [1.29, 1.82) is 0 Å². The lowest BCUT2D eigenvalue weighted by molar-refractivity contribution is 0.0913. The largest absolute Gasteiger partial charge is 0.387 e. The van der Waals surface area contributed by atoms with E-state index in [1.807, 2.05) is 41.9 Å². The van der Waals surface area contributed by atoms with Gasteiger partial charge in [0.05, 0.1) is 11.6 Å². The zero-order valence-electron chi connectivity index (χ0n) is 11.5. The second-order valence-corrected chi connectivity index (χ2v) is 5.68. The van der Waals surface area contributed by atoms with Gasteiger partial charge in [-0.05, 0) is 41.4 Å². The molecule has 0 bridgehead atoms. The minimum absolute atomic E-state index is 0.162. The molecule has 3 rings (SSSR count). The first-order chi connectivity index (χ1) is 10.1. The molecule has 0 spiro atoms. The van der Waals surface area contributed by atoms with Gasteiger partial charge in [-0.15, -0.1) is 0 Å². The number of carbonyl (C=O) groups excluding carboxylic acids is 1. The number of nitrogens with one attached hydrogen (secondary N) is 2. The Labute approximate surface area is 125 Å². The molecule has 0 radical (unpaired) electrons. The zero-order valence-corrected chi connectivity index (χ0v) is 12.3. The van der Waals surface area contributed by atoms with Gasteiger partial charge in [-0.2, -0.15) is 16.4 Å². The van der Waals surface area contributed by atoms with E-state index < -0.39 is 6.10 Å². The number of aromatic amines is 1. The third-order valence-electron chi connectivity index (χ3n) is 3.32. The van der Waals surface area contributed by atoms with Crippen molar-refractivity contribution in [3.05, 3.63) is 51.8 Å². The number of aliphatic hydroxyl groups is 1. The molecule has 3 aromatic rings. The SMILES string of the molecule is Cc1ccc2[nH]nc(C(=O)NCC(O)c3ccsc3)c2c1. The van der Waals surface area contributed by atoms with Crippen molar-refractivity contribution in [2.75, 3.05) is 6.54 Å². The minimum Gasteiger partial charge on any atom is -0.387 e. The van der Waals surface area contributed by atoms with Gasteiger partial charge in [-0.3, -0.25) is 9.89 Å². The third kappa shape index (κ3) is 2.81. The second kappa shape index (κ2) is 5.67. The molecular weight excluding hydrogens is 286 g/mol. The van der Waals surface area contributed by atoms with Crippen molar-refractivity contribution < 1.29 is 9.90 Å². The van der Waals surface area contributed by atoms with Crippen LogP contribution >= 0.6 is 11.3 Å². The average Bonchev–Trinajstić information content (AvgIpc) is 3.13. The van der Waals surface area contributed by atoms with E-state index in [2.05, 4.69) is 15.5 Å². The number of carbonyl (C=O) groups is 1. The normalized spacial score (nSPS) is 12.5. The zero-order chi connectivity index (χ0) is 14.8. The van der Waals surface area contributed by atoms with Crippen LogP contribution in [0.4, 0.5) is 0 Å². The number of aryl methyl sites for hydroxylation is 1. The van der Waals surface area contributed by atoms with Crippen molar-refractivity contribution in [3.63, 3.8) is 0 Å². The van der Waals surface area contributed by atoms with Crippen molar-refractivity contribution in [2.24, 2.45) is 0 Å². The first-order valence-electron chi connectivity index (χ1n) is 6.58. The molecule has 0 aliphatic carbocycles. The Morgan fingerprint density at radius 2 is 2.33 bits per heavy atom. The highest BCUT2D eigenvalue weighted by molar-refractivity contribution is 7.07. The molecule has 1 unspecified atom stereocenters. The molecule has 0 aliphatic rings. The van der Waals surface area contributed by atoms with E-state index in [1.165, 1.54) is 11.3 Å². The number of hydrogen-bond donors (Lipinski definition) is 3. The summed E-state index contributed by atoms with van der Waals surface area (Å²) in [6, 6.07) is 7.62. The van der Waals surface area contributed by atoms with Gasteiger partial charge in [0, 0.05) is 11.9 Å². The molecule has 21 heavy (non-hydrogen) atoms. The van der Waals surface area contributed by atoms with Gasteiger partial charge < -0.3 is 10.4 Å². The van der Waals surface area contributed by atoms with Crippen molar-refractivity contribution >= 4 is 28.1 Å². The van der Waals surface area contributed by atoms with Crippen LogP contribution in [-0.4, -0.2) is 27.8 Å². The summed E-state index contributed by atoms with van der Waals surface area (Å²) >= 11 is 1.51. The number of amides is 1. The quantitative estimate of drug-likeness (QED) is 0.692. The maximum Gasteiger partial charge on any atom is 0.272 e. The molecule has 6 heteroatoms. The standard InChI is InChI=1S/C15H15N3O2S/c1-9-2-3-12-11(6-9)14(18-17-12)15(20)16-7-13(19)10-4-5-21-8-10/h2-6,8,13,19H,7H2,1H3,(H,16,20)(H,17,18). The number of fused-ring (bicyclic) bond motifs is 1. The summed E-state index contributed by atoms with van der Waals surface area (Å²) in [7, 11) is 0. The van der Waals surface area contributed by atoms with E-state index >= 15 is 0 Å². The highest BCUT2D eigenvalue weighted by Crippen LogP contribution is 2.18. The minimum atomic E-state index is -0.702. The number of aliphatic hydroxyl groups excluding tert-OH is 1. The molecule has 1 atom stereocenters. The Morgan fingerprint density at radius 3 is 3.10 bits per heavy atom. The van der Waals surface area contributed by atoms with Crippen LogP contribution in [0.5, 0.6) is 0 Å². The van der Waals surface area contributed by atoms with Crippen LogP contribution in [0.3, 0.4) is 0 Å². The Morgan fingerprint density at radius 1 is 1.48 bits per heavy atom. The number of benzene rings is 1. The smallest absolute Gasteiger partial charge is 0.272 e. The number of rotatable bonds is 4. The van der Waals surface area contributed by atoms with Crippen molar-refractivity contribution in [1.82, 2.24) is 15.5 Å². The molecule has 0 aliphatic heterocycles. The van der Waals surface area contributed by atoms with Crippen LogP contribution in [0.15, 0.2) is 35.0 Å². The number of nitrogens with zero attached hydrogens (tertiary/aromatic N) is 1. The number of thiophene rings is 1. The van der Waals surface area contributed by atoms with E-state index in [0.29, 0.717) is 5.69 Å². The van der Waals surface area contributed by atoms with Crippen molar-refractivity contribution in [3.8, 4) is 0 Å². The molecule has 0 saturated heterocycles. The summed E-state index contributed by atoms with van der Waals surface area (Å²) in [6.45, 7) is 2.13. The van der Waals surface area contributed by atoms with Crippen LogP contribution in [0, 0.1) is 6.92 Å². The molecule has 1 aromatic carbocycles. The Balaban J connectivity index is 1.74. The average molecular weight is 301 g/mol. The summed E-state index contributed by atoms with van der Waals surface area (Å²) < 4.78 is 0. The van der Waals surface area contributed by atoms with Gasteiger partial charge in [-0.25, -0.2) is 0 Å². The lowest BCUT2D eigenvalue weighted by atomic mass is 10.1. The van der Waals surface area contributed by atoms with E-state index in [0.717, 1.165) is 22.0 Å². The fourth-order valence-electron chi connectivity index (χ4n) is 2.16. The van der Waals surface area contributed by atoms with E-state index in [4.69, 9.17) is 0 Å². The maximum atomic E-state index is 12.2. The number of H-pyrrole nitrogens is 1. The van der Waals surface area contributed by atoms with Crippen LogP contribution < -0.4 is 5.32 Å². The Kier molecular flexibility index (Phi) is 3.72. The molecule has 2 aromatic heterocycles. The van der Waals surface area contributed by atoms with E-state index in [-0.39, 0.29) is 12.5 Å². The lowest BCUT2D eigenvalue weighted by Gasteiger charge is -2.09. The highest BCUT2D eigenvalue weighted by atomic mass is 32.1. The predicted molar refractivity (Wildman–Crippen MR) is 82.4 cm³/mol. The summed E-state index contributed by atoms with van der Waals surface area (Å²) in [5.74, 6) is -0.291. The van der Waals surface area contributed by atoms with E-state index in [9.17, 15) is 9.90 Å². The molecule has 1 amide bonds. The highest BCUT2D eigenvalue weighted by Gasteiger charge is 2.16. The molecule has 0 fully saturated rings. The van der Waals surface area contributed by atoms with Crippen molar-refractivity contribution in [2.45, 2.75) is 13.0 Å². The molecular formula is C15H15N3O2S. The fourth-order valence-corrected chi connectivity index (χ4v) is 2.86. The molecule has 3 N–H and O–H groups in total. The number of hydrogen-bond acceptors (Lipinski definition) is 4. The maximum absolute atomic E-state index is 12.2. The van der Waals surface area contributed by atoms with Gasteiger partial charge in [-0.1, -0.05) is 11.6 Å². The first-order valence-corrected chi connectivity index (χ1v) is 7.52. The van der Waals surface area contributed by atoms with Crippen LogP contribution in [-0.2, 0) is 0 Å². The van der Waals surface area contributed by atoms with Crippen LogP contribution in [0.2, 0.25) is 0 Å². The Bertz CT molecular complexity index is 764. The topological polar surface area (TPSA) is 78.0 Å². The molecule has 108 valence electrons. The van der Waals surface area contributed by atoms with Gasteiger partial charge in [0.25, 0.3) is 5.91 Å². The fraction of sp³-hybridized carbons (Fsp3) is 0.200. The summed E-state index contributed by atoms with van der Waals surface area (Å²) in [5, 5.41) is 24.1. The summed E-state index contributed by atoms with van der Waals surface area (Å²) in [4.78, 5) is 12.2. The molecule has 5 nitrogen and oxygen atoms in total. The second-order valence-electron chi connectivity index (χ2n) is 4.90. The van der Waals surface area contributed by atoms with Gasteiger partial charge in [0.1, 0.15) is 0 Å². The van der Waals surface area contributed by atoms with Gasteiger partial charge >= 0.3 is 0 Å². The lowest BCUT2D eigenvalue weighted by Crippen LogP contribution is -2.28. The monoisotopic (exact) mass is 301 g/mol. The first kappa shape index (κ1) is 13.8. The third-order valence-corrected chi connectivity index (χ3v) is 4.02. The number of aromatic nitrogens is 2. The van der Waals surface area contributed by atoms with Crippen LogP contribution in [0.25, 0.3) is 10.9 Å². The summed E-state index contributed by atoms with van der Waals surface area (Å²) in [5.41, 5.74) is 3.05. The van der Waals surface area contributed by atoms with Gasteiger partial charge in [0.2, 0.25) is 0 Å². The van der Waals surface area contributed by atoms with Crippen LogP contribution in [0.1, 0.15) is 27.7 Å². The predicted octanol–water partition coefficient (Wildman–Crippen LogP) is 2.40. The van der Waals surface area contributed by atoms with Gasteiger partial charge in [0.15, 0.2) is 5.69 Å². The Hall–Kier alpha value is -2.18. The molecule has 0 saturated carbocycles. The van der Waals surface area contributed by atoms with E-state index in [1.54, 1.807) is 0 Å². The molecule has 2 heterocycles. The summed E-state index contributed by atoms with van der Waals surface area (Å²) in [6.07, 6.45) is -0.702.